The summed E-state index contributed by atoms with van der Waals surface area (Å²) in [5, 5.41) is 1.35. The van der Waals surface area contributed by atoms with E-state index in [1.165, 1.54) is 39.0 Å². The minimum atomic E-state index is 0.978. The Hall–Kier alpha value is -2.80. The van der Waals surface area contributed by atoms with E-state index in [9.17, 15) is 0 Å². The SMILES string of the molecule is [c]1cccc2c1Cc1c-2n(-c2ccccc2)c2ccccc12. The molecule has 0 saturated carbocycles. The van der Waals surface area contributed by atoms with Crippen LogP contribution in [-0.4, -0.2) is 4.57 Å². The summed E-state index contributed by atoms with van der Waals surface area (Å²) in [6, 6.07) is 29.1. The Morgan fingerprint density at radius 1 is 0.818 bits per heavy atom. The van der Waals surface area contributed by atoms with Gasteiger partial charge in [-0.2, -0.15) is 0 Å². The molecule has 1 aromatic heterocycles. The van der Waals surface area contributed by atoms with Crippen LogP contribution in [0.25, 0.3) is 27.8 Å². The third-order valence-corrected chi connectivity index (χ3v) is 4.54. The van der Waals surface area contributed by atoms with E-state index in [-0.39, 0.29) is 0 Å². The van der Waals surface area contributed by atoms with Crippen molar-refractivity contribution in [1.82, 2.24) is 4.57 Å². The normalized spacial score (nSPS) is 12.4. The van der Waals surface area contributed by atoms with E-state index in [1.807, 2.05) is 6.07 Å². The monoisotopic (exact) mass is 280 g/mol. The Balaban J connectivity index is 1.95. The minimum Gasteiger partial charge on any atom is -0.309 e. The van der Waals surface area contributed by atoms with Gasteiger partial charge in [0.1, 0.15) is 0 Å². The molecule has 1 heterocycles. The van der Waals surface area contributed by atoms with Gasteiger partial charge in [-0.1, -0.05) is 54.6 Å². The van der Waals surface area contributed by atoms with Crippen LogP contribution in [-0.2, 0) is 6.42 Å². The van der Waals surface area contributed by atoms with Gasteiger partial charge in [-0.05, 0) is 35.4 Å². The van der Waals surface area contributed by atoms with E-state index >= 15 is 0 Å². The quantitative estimate of drug-likeness (QED) is 0.407. The zero-order valence-electron chi connectivity index (χ0n) is 12.1. The van der Waals surface area contributed by atoms with Gasteiger partial charge >= 0.3 is 0 Å². The first-order valence-corrected chi connectivity index (χ1v) is 7.61. The lowest BCUT2D eigenvalue weighted by atomic mass is 10.1. The number of benzene rings is 3. The number of aromatic nitrogens is 1. The van der Waals surface area contributed by atoms with Crippen molar-refractivity contribution in [1.29, 1.82) is 0 Å². The molecule has 0 fully saturated rings. The number of hydrogen-bond donors (Lipinski definition) is 0. The van der Waals surface area contributed by atoms with Crippen LogP contribution < -0.4 is 0 Å². The van der Waals surface area contributed by atoms with Crippen LogP contribution >= 0.6 is 0 Å². The first-order valence-electron chi connectivity index (χ1n) is 7.61. The smallest absolute Gasteiger partial charge is 0.0579 e. The van der Waals surface area contributed by atoms with Gasteiger partial charge in [-0.25, -0.2) is 0 Å². The molecule has 0 aliphatic heterocycles. The molecule has 1 heteroatoms. The number of rotatable bonds is 1. The molecule has 103 valence electrons. The molecule has 1 aliphatic carbocycles. The summed E-state index contributed by atoms with van der Waals surface area (Å²) in [6.07, 6.45) is 0.978. The van der Waals surface area contributed by atoms with Crippen LogP contribution in [0.4, 0.5) is 0 Å². The highest BCUT2D eigenvalue weighted by molar-refractivity contribution is 5.96. The van der Waals surface area contributed by atoms with Gasteiger partial charge < -0.3 is 4.57 Å². The minimum absolute atomic E-state index is 0.978. The molecule has 1 radical (unpaired) electrons. The van der Waals surface area contributed by atoms with E-state index < -0.39 is 0 Å². The van der Waals surface area contributed by atoms with Gasteiger partial charge in [-0.15, -0.1) is 0 Å². The van der Waals surface area contributed by atoms with Gasteiger partial charge in [0.2, 0.25) is 0 Å². The predicted molar refractivity (Wildman–Crippen MR) is 90.4 cm³/mol. The molecule has 0 amide bonds. The fourth-order valence-corrected chi connectivity index (χ4v) is 3.63. The van der Waals surface area contributed by atoms with Gasteiger partial charge in [-0.3, -0.25) is 0 Å². The van der Waals surface area contributed by atoms with Gasteiger partial charge in [0, 0.05) is 23.1 Å². The second-order valence-corrected chi connectivity index (χ2v) is 5.75. The number of hydrogen-bond acceptors (Lipinski definition) is 0. The fourth-order valence-electron chi connectivity index (χ4n) is 3.63. The maximum atomic E-state index is 3.41. The molecule has 5 rings (SSSR count). The zero-order chi connectivity index (χ0) is 14.5. The summed E-state index contributed by atoms with van der Waals surface area (Å²) >= 11 is 0. The zero-order valence-corrected chi connectivity index (χ0v) is 12.1. The third kappa shape index (κ3) is 1.48. The largest absolute Gasteiger partial charge is 0.309 e. The maximum absolute atomic E-state index is 3.41. The molecule has 0 atom stereocenters. The van der Waals surface area contributed by atoms with Crippen LogP contribution in [0, 0.1) is 6.07 Å². The number of nitrogens with zero attached hydrogens (tertiary/aromatic N) is 1. The van der Waals surface area contributed by atoms with Crippen molar-refractivity contribution < 1.29 is 0 Å². The molecule has 0 bridgehead atoms. The van der Waals surface area contributed by atoms with Gasteiger partial charge in [0.15, 0.2) is 0 Å². The van der Waals surface area contributed by atoms with Crippen molar-refractivity contribution in [2.75, 3.05) is 0 Å². The molecular weight excluding hydrogens is 266 g/mol. The van der Waals surface area contributed by atoms with Crippen molar-refractivity contribution in [2.45, 2.75) is 6.42 Å². The van der Waals surface area contributed by atoms with Crippen LogP contribution in [0.3, 0.4) is 0 Å². The van der Waals surface area contributed by atoms with Crippen molar-refractivity contribution in [3.8, 4) is 16.9 Å². The lowest BCUT2D eigenvalue weighted by Gasteiger charge is -2.11. The Labute approximate surface area is 129 Å². The standard InChI is InChI=1S/C21H14N/c1-2-9-16(10-3-1)22-20-13-7-6-12-18(20)19-14-15-8-4-5-11-17(15)21(19)22/h1-7,9-13H,14H2. The van der Waals surface area contributed by atoms with E-state index in [2.05, 4.69) is 77.4 Å². The van der Waals surface area contributed by atoms with Crippen LogP contribution in [0.5, 0.6) is 0 Å². The maximum Gasteiger partial charge on any atom is 0.0579 e. The Morgan fingerprint density at radius 2 is 1.64 bits per heavy atom. The third-order valence-electron chi connectivity index (χ3n) is 4.54. The molecule has 1 nitrogen and oxygen atoms in total. The lowest BCUT2D eigenvalue weighted by molar-refractivity contribution is 1.13. The molecule has 4 aromatic rings. The van der Waals surface area contributed by atoms with E-state index in [1.54, 1.807) is 0 Å². The molecule has 0 saturated heterocycles. The summed E-state index contributed by atoms with van der Waals surface area (Å²) in [4.78, 5) is 0. The first-order chi connectivity index (χ1) is 10.9. The van der Waals surface area contributed by atoms with Crippen molar-refractivity contribution in [3.63, 3.8) is 0 Å². The summed E-state index contributed by atoms with van der Waals surface area (Å²) in [5.41, 5.74) is 7.89. The average molecular weight is 280 g/mol. The second kappa shape index (κ2) is 4.35. The van der Waals surface area contributed by atoms with Crippen LogP contribution in [0.2, 0.25) is 0 Å². The molecular formula is C21H14N. The van der Waals surface area contributed by atoms with Crippen molar-refractivity contribution in [3.05, 3.63) is 90.0 Å². The van der Waals surface area contributed by atoms with Gasteiger partial charge in [0.25, 0.3) is 0 Å². The summed E-state index contributed by atoms with van der Waals surface area (Å²) < 4.78 is 2.39. The van der Waals surface area contributed by atoms with E-state index in [0.29, 0.717) is 0 Å². The fraction of sp³-hybridized carbons (Fsp3) is 0.0476. The van der Waals surface area contributed by atoms with Crippen LogP contribution in [0.1, 0.15) is 11.1 Å². The van der Waals surface area contributed by atoms with Crippen molar-refractivity contribution in [2.24, 2.45) is 0 Å². The highest BCUT2D eigenvalue weighted by Crippen LogP contribution is 2.43. The average Bonchev–Trinajstić information content (AvgIpc) is 3.10. The highest BCUT2D eigenvalue weighted by Gasteiger charge is 2.26. The Bertz CT molecular complexity index is 993. The van der Waals surface area contributed by atoms with Crippen molar-refractivity contribution >= 4 is 10.9 Å². The summed E-state index contributed by atoms with van der Waals surface area (Å²) in [5.74, 6) is 0. The second-order valence-electron chi connectivity index (χ2n) is 5.75. The summed E-state index contributed by atoms with van der Waals surface area (Å²) in [7, 11) is 0. The Kier molecular flexibility index (Phi) is 2.33. The molecule has 22 heavy (non-hydrogen) atoms. The molecule has 0 N–H and O–H groups in total. The molecule has 0 spiro atoms. The molecule has 1 aliphatic rings. The predicted octanol–water partition coefficient (Wildman–Crippen LogP) is 5.00. The highest BCUT2D eigenvalue weighted by atomic mass is 15.0. The van der Waals surface area contributed by atoms with E-state index in [4.69, 9.17) is 0 Å². The molecule has 3 aromatic carbocycles. The molecule has 0 unspecified atom stereocenters. The van der Waals surface area contributed by atoms with Crippen LogP contribution in [0.15, 0.2) is 72.8 Å². The number of fused-ring (bicyclic) bond motifs is 5. The Morgan fingerprint density at radius 3 is 2.55 bits per heavy atom. The number of para-hydroxylation sites is 2. The van der Waals surface area contributed by atoms with Gasteiger partial charge in [0.05, 0.1) is 11.2 Å². The lowest BCUT2D eigenvalue weighted by Crippen LogP contribution is -1.96. The first kappa shape index (κ1) is 11.8. The topological polar surface area (TPSA) is 4.93 Å². The summed E-state index contributed by atoms with van der Waals surface area (Å²) in [6.45, 7) is 0. The van der Waals surface area contributed by atoms with E-state index in [0.717, 1.165) is 6.42 Å².